The molecule has 16 heavy (non-hydrogen) atoms. The molecule has 0 saturated heterocycles. The fraction of sp³-hybridized carbons (Fsp3) is 0.0909. The van der Waals surface area contributed by atoms with Crippen LogP contribution in [-0.4, -0.2) is 15.5 Å². The van der Waals surface area contributed by atoms with Gasteiger partial charge in [0.1, 0.15) is 10.6 Å². The summed E-state index contributed by atoms with van der Waals surface area (Å²) in [6.07, 6.45) is 0. The van der Waals surface area contributed by atoms with E-state index in [9.17, 15) is 12.3 Å². The molecule has 0 fully saturated rings. The van der Waals surface area contributed by atoms with Gasteiger partial charge in [0.05, 0.1) is 7.11 Å². The third kappa shape index (κ3) is 1.74. The molecule has 0 saturated carbocycles. The highest BCUT2D eigenvalue weighted by molar-refractivity contribution is 7.86. The maximum atomic E-state index is 13.0. The maximum absolute atomic E-state index is 13.0. The molecule has 0 heterocycles. The smallest absolute Gasteiger partial charge is 0.332 e. The second-order valence-corrected chi connectivity index (χ2v) is 4.56. The first-order valence-corrected chi connectivity index (χ1v) is 5.93. The Balaban J connectivity index is 2.91. The molecule has 0 aliphatic heterocycles. The molecular weight excluding hydrogens is 231 g/mol. The van der Waals surface area contributed by atoms with Crippen LogP contribution in [0.3, 0.4) is 0 Å². The molecule has 0 bridgehead atoms. The van der Waals surface area contributed by atoms with Crippen molar-refractivity contribution >= 4 is 21.0 Å². The van der Waals surface area contributed by atoms with Crippen LogP contribution < -0.4 is 4.74 Å². The molecule has 0 N–H and O–H groups in total. The van der Waals surface area contributed by atoms with Crippen molar-refractivity contribution in [3.63, 3.8) is 0 Å². The van der Waals surface area contributed by atoms with Crippen molar-refractivity contribution in [2.45, 2.75) is 4.90 Å². The molecule has 0 unspecified atom stereocenters. The monoisotopic (exact) mass is 240 g/mol. The van der Waals surface area contributed by atoms with Gasteiger partial charge >= 0.3 is 10.2 Å². The summed E-state index contributed by atoms with van der Waals surface area (Å²) in [5.41, 5.74) is 0. The second kappa shape index (κ2) is 3.75. The van der Waals surface area contributed by atoms with Crippen LogP contribution in [0.15, 0.2) is 41.3 Å². The zero-order chi connectivity index (χ0) is 11.8. The molecule has 0 spiro atoms. The molecule has 2 aromatic carbocycles. The van der Waals surface area contributed by atoms with Crippen molar-refractivity contribution < 1.29 is 17.0 Å². The quantitative estimate of drug-likeness (QED) is 0.757. The fourth-order valence-electron chi connectivity index (χ4n) is 1.63. The molecule has 2 rings (SSSR count). The first-order valence-electron chi connectivity index (χ1n) is 4.54. The van der Waals surface area contributed by atoms with Gasteiger partial charge in [0.25, 0.3) is 0 Å². The molecular formula is C11H9FO3S. The van der Waals surface area contributed by atoms with E-state index in [0.717, 1.165) is 0 Å². The minimum Gasteiger partial charge on any atom is -0.496 e. The summed E-state index contributed by atoms with van der Waals surface area (Å²) in [4.78, 5) is -0.330. The number of fused-ring (bicyclic) bond motifs is 1. The second-order valence-electron chi connectivity index (χ2n) is 3.25. The van der Waals surface area contributed by atoms with Gasteiger partial charge in [-0.25, -0.2) is 0 Å². The van der Waals surface area contributed by atoms with Gasteiger partial charge in [-0.2, -0.15) is 8.42 Å². The van der Waals surface area contributed by atoms with Gasteiger partial charge in [-0.05, 0) is 12.1 Å². The van der Waals surface area contributed by atoms with Gasteiger partial charge < -0.3 is 4.74 Å². The first kappa shape index (κ1) is 10.9. The summed E-state index contributed by atoms with van der Waals surface area (Å²) in [5, 5.41) is 0.896. The van der Waals surface area contributed by atoms with Gasteiger partial charge in [-0.15, -0.1) is 3.89 Å². The van der Waals surface area contributed by atoms with Crippen LogP contribution in [0.1, 0.15) is 0 Å². The molecule has 0 aliphatic carbocycles. The SMILES string of the molecule is COc1ccc(S(=O)(=O)F)c2ccccc12. The number of ether oxygens (including phenoxy) is 1. The Morgan fingerprint density at radius 1 is 1.06 bits per heavy atom. The number of halogens is 1. The van der Waals surface area contributed by atoms with Gasteiger partial charge in [-0.3, -0.25) is 0 Å². The van der Waals surface area contributed by atoms with Crippen LogP contribution in [-0.2, 0) is 10.2 Å². The van der Waals surface area contributed by atoms with E-state index in [2.05, 4.69) is 0 Å². The van der Waals surface area contributed by atoms with Crippen molar-refractivity contribution in [3.8, 4) is 5.75 Å². The van der Waals surface area contributed by atoms with Gasteiger partial charge in [0.15, 0.2) is 0 Å². The molecule has 5 heteroatoms. The van der Waals surface area contributed by atoms with Crippen molar-refractivity contribution in [2.24, 2.45) is 0 Å². The molecule has 0 radical (unpaired) electrons. The van der Waals surface area contributed by atoms with E-state index in [-0.39, 0.29) is 4.90 Å². The lowest BCUT2D eigenvalue weighted by atomic mass is 10.1. The predicted molar refractivity (Wildman–Crippen MR) is 58.8 cm³/mol. The highest BCUT2D eigenvalue weighted by atomic mass is 32.3. The Labute approximate surface area is 92.7 Å². The normalized spacial score (nSPS) is 11.6. The highest BCUT2D eigenvalue weighted by Crippen LogP contribution is 2.31. The zero-order valence-corrected chi connectivity index (χ0v) is 9.29. The van der Waals surface area contributed by atoms with Crippen molar-refractivity contribution in [2.75, 3.05) is 7.11 Å². The van der Waals surface area contributed by atoms with E-state index in [1.165, 1.54) is 19.2 Å². The summed E-state index contributed by atoms with van der Waals surface area (Å²) >= 11 is 0. The number of methoxy groups -OCH3 is 1. The zero-order valence-electron chi connectivity index (χ0n) is 8.48. The average Bonchev–Trinajstić information content (AvgIpc) is 2.26. The van der Waals surface area contributed by atoms with Crippen LogP contribution in [0.25, 0.3) is 10.8 Å². The van der Waals surface area contributed by atoms with Crippen molar-refractivity contribution in [3.05, 3.63) is 36.4 Å². The van der Waals surface area contributed by atoms with Crippen molar-refractivity contribution in [1.82, 2.24) is 0 Å². The van der Waals surface area contributed by atoms with Crippen LogP contribution in [0.5, 0.6) is 5.75 Å². The number of hydrogen-bond donors (Lipinski definition) is 0. The highest BCUT2D eigenvalue weighted by Gasteiger charge is 2.17. The topological polar surface area (TPSA) is 43.4 Å². The van der Waals surface area contributed by atoms with E-state index in [1.807, 2.05) is 0 Å². The lowest BCUT2D eigenvalue weighted by molar-refractivity contribution is 0.419. The lowest BCUT2D eigenvalue weighted by Gasteiger charge is -2.07. The van der Waals surface area contributed by atoms with Crippen molar-refractivity contribution in [1.29, 1.82) is 0 Å². The number of benzene rings is 2. The van der Waals surface area contributed by atoms with Gasteiger partial charge in [0.2, 0.25) is 0 Å². The minimum atomic E-state index is -4.71. The molecule has 2 aromatic rings. The molecule has 84 valence electrons. The summed E-state index contributed by atoms with van der Waals surface area (Å²) in [7, 11) is -3.23. The van der Waals surface area contributed by atoms with E-state index in [4.69, 9.17) is 4.74 Å². The standard InChI is InChI=1S/C11H9FO3S/c1-15-10-6-7-11(16(12,13)14)9-5-3-2-4-8(9)10/h2-7H,1H3. The van der Waals surface area contributed by atoms with Crippen LogP contribution in [0.2, 0.25) is 0 Å². The largest absolute Gasteiger partial charge is 0.496 e. The van der Waals surface area contributed by atoms with E-state index >= 15 is 0 Å². The lowest BCUT2D eigenvalue weighted by Crippen LogP contribution is -1.95. The van der Waals surface area contributed by atoms with Crippen LogP contribution in [0.4, 0.5) is 3.89 Å². The fourth-order valence-corrected chi connectivity index (χ4v) is 2.31. The molecule has 0 atom stereocenters. The third-order valence-electron chi connectivity index (χ3n) is 2.33. The summed E-state index contributed by atoms with van der Waals surface area (Å²) in [6.45, 7) is 0. The minimum absolute atomic E-state index is 0.323. The Morgan fingerprint density at radius 3 is 2.25 bits per heavy atom. The third-order valence-corrected chi connectivity index (χ3v) is 3.21. The average molecular weight is 240 g/mol. The Bertz CT molecular complexity index is 635. The van der Waals surface area contributed by atoms with Crippen LogP contribution >= 0.6 is 0 Å². The molecule has 3 nitrogen and oxygen atoms in total. The van der Waals surface area contributed by atoms with E-state index in [0.29, 0.717) is 16.5 Å². The molecule has 0 amide bonds. The predicted octanol–water partition coefficient (Wildman–Crippen LogP) is 2.51. The maximum Gasteiger partial charge on any atom is 0.332 e. The summed E-state index contributed by atoms with van der Waals surface area (Å²) < 4.78 is 40.0. The van der Waals surface area contributed by atoms with Gasteiger partial charge in [0, 0.05) is 10.8 Å². The Kier molecular flexibility index (Phi) is 2.55. The Hall–Kier alpha value is -1.62. The number of hydrogen-bond acceptors (Lipinski definition) is 3. The summed E-state index contributed by atoms with van der Waals surface area (Å²) in [5.74, 6) is 0.517. The molecule has 0 aromatic heterocycles. The Morgan fingerprint density at radius 2 is 1.69 bits per heavy atom. The van der Waals surface area contributed by atoms with E-state index < -0.39 is 10.2 Å². The van der Waals surface area contributed by atoms with E-state index in [1.54, 1.807) is 24.3 Å². The molecule has 0 aliphatic rings. The van der Waals surface area contributed by atoms with Gasteiger partial charge in [-0.1, -0.05) is 24.3 Å². The summed E-state index contributed by atoms with van der Waals surface area (Å²) in [6, 6.07) is 9.26. The number of rotatable bonds is 2. The first-order chi connectivity index (χ1) is 7.54. The van der Waals surface area contributed by atoms with Crippen LogP contribution in [0, 0.1) is 0 Å².